The third-order valence-corrected chi connectivity index (χ3v) is 10.2. The topological polar surface area (TPSA) is 61.5 Å². The van der Waals surface area contributed by atoms with Crippen LogP contribution in [-0.4, -0.2) is 27.0 Å². The number of hydrogen-bond acceptors (Lipinski definition) is 5. The Bertz CT molecular complexity index is 1610. The molecule has 0 N–H and O–H groups in total. The summed E-state index contributed by atoms with van der Waals surface area (Å²) >= 11 is 0. The quantitative estimate of drug-likeness (QED) is 0.208. The maximum atomic E-state index is 7.29. The third-order valence-electron chi connectivity index (χ3n) is 6.41. The van der Waals surface area contributed by atoms with Crippen LogP contribution in [0, 0.1) is 0 Å². The van der Waals surface area contributed by atoms with Gasteiger partial charge < -0.3 is 9.26 Å². The van der Waals surface area contributed by atoms with E-state index in [-0.39, 0.29) is 5.16 Å². The van der Waals surface area contributed by atoms with Crippen LogP contribution < -0.4 is 14.7 Å². The molecule has 0 aliphatic heterocycles. The van der Waals surface area contributed by atoms with Gasteiger partial charge in [0.05, 0.1) is 12.6 Å². The Kier molecular flexibility index (Phi) is 6.78. The van der Waals surface area contributed by atoms with Gasteiger partial charge in [0.2, 0.25) is 0 Å². The minimum atomic E-state index is -2.88. The number of nitrogens with zero attached hydrogens (tertiary/aromatic N) is 4. The Morgan fingerprint density at radius 1 is 0.892 bits per heavy atom. The number of para-hydroxylation sites is 2. The van der Waals surface area contributed by atoms with Crippen molar-refractivity contribution in [3.8, 4) is 11.5 Å². The predicted molar refractivity (Wildman–Crippen MR) is 154 cm³/mol. The van der Waals surface area contributed by atoms with E-state index in [0.717, 1.165) is 45.9 Å². The fraction of sp³-hybridized carbons (Fsp3) is 0.267. The highest BCUT2D eigenvalue weighted by Gasteiger charge is 2.43. The molecule has 2 heterocycles. The summed E-state index contributed by atoms with van der Waals surface area (Å²) in [5.74, 6) is 1.43. The Hall–Kier alpha value is -3.63. The van der Waals surface area contributed by atoms with E-state index in [0.29, 0.717) is 11.5 Å². The highest BCUT2D eigenvalue weighted by molar-refractivity contribution is 7.71. The molecule has 0 radical (unpaired) electrons. The lowest BCUT2D eigenvalue weighted by atomic mass is 10.2. The average Bonchev–Trinajstić information content (AvgIpc) is 3.26. The van der Waals surface area contributed by atoms with E-state index in [9.17, 15) is 0 Å². The fourth-order valence-electron chi connectivity index (χ4n) is 4.63. The number of fused-ring (bicyclic) bond motifs is 2. The number of hydrogen-bond donors (Lipinski definition) is 0. The van der Waals surface area contributed by atoms with E-state index >= 15 is 0 Å². The van der Waals surface area contributed by atoms with Crippen molar-refractivity contribution in [3.05, 3.63) is 85.1 Å². The van der Waals surface area contributed by atoms with Gasteiger partial charge in [0.1, 0.15) is 22.4 Å². The van der Waals surface area contributed by atoms with Crippen LogP contribution >= 0.6 is 7.28 Å². The molecular formula is C30H33N4O2P. The molecule has 1 unspecified atom stereocenters. The number of pyridine rings is 1. The van der Waals surface area contributed by atoms with Crippen molar-refractivity contribution in [2.45, 2.75) is 45.8 Å². The Morgan fingerprint density at radius 2 is 1.62 bits per heavy atom. The first-order valence-corrected chi connectivity index (χ1v) is 14.3. The molecule has 3 aromatic carbocycles. The van der Waals surface area contributed by atoms with Crippen molar-refractivity contribution in [2.75, 3.05) is 7.11 Å². The number of ether oxygens (including phenoxy) is 1. The zero-order chi connectivity index (χ0) is 26.0. The molecule has 7 heteroatoms. The summed E-state index contributed by atoms with van der Waals surface area (Å²) in [6.45, 7) is 9.55. The molecular weight excluding hydrogens is 479 g/mol. The molecule has 0 spiro atoms. The van der Waals surface area contributed by atoms with E-state index in [2.05, 4.69) is 62.7 Å². The van der Waals surface area contributed by atoms with Crippen LogP contribution in [0.4, 0.5) is 5.69 Å². The van der Waals surface area contributed by atoms with Gasteiger partial charge in [-0.25, -0.2) is 4.74 Å². The van der Waals surface area contributed by atoms with Gasteiger partial charge in [-0.15, -0.1) is 0 Å². The SMILES string of the molecule is CCCn1nc2ccccc2c1P(=Nc1ccccc1OC)(Oc1cccc2cccnc12)C(C)(C)C. The molecule has 0 amide bonds. The first-order valence-electron chi connectivity index (χ1n) is 12.6. The van der Waals surface area contributed by atoms with Crippen LogP contribution in [0.1, 0.15) is 34.1 Å². The smallest absolute Gasteiger partial charge is 0.191 e. The van der Waals surface area contributed by atoms with Gasteiger partial charge in [-0.1, -0.05) is 76.2 Å². The molecule has 2 aromatic heterocycles. The van der Waals surface area contributed by atoms with Crippen LogP contribution in [0.15, 0.2) is 89.8 Å². The summed E-state index contributed by atoms with van der Waals surface area (Å²) in [4.78, 5) is 4.69. The number of rotatable bonds is 7. The molecule has 0 fully saturated rings. The third kappa shape index (κ3) is 4.51. The van der Waals surface area contributed by atoms with Gasteiger partial charge in [0, 0.05) is 28.7 Å². The predicted octanol–water partition coefficient (Wildman–Crippen LogP) is 7.95. The van der Waals surface area contributed by atoms with Gasteiger partial charge in [-0.05, 0) is 36.8 Å². The van der Waals surface area contributed by atoms with E-state index in [1.165, 1.54) is 0 Å². The van der Waals surface area contributed by atoms with Crippen LogP contribution in [-0.2, 0) is 6.54 Å². The second-order valence-electron chi connectivity index (χ2n) is 10.0. The molecule has 0 aliphatic rings. The minimum absolute atomic E-state index is 0.390. The lowest BCUT2D eigenvalue weighted by molar-refractivity contribution is 0.416. The molecule has 5 rings (SSSR count). The first kappa shape index (κ1) is 25.0. The molecule has 6 nitrogen and oxygen atoms in total. The zero-order valence-electron chi connectivity index (χ0n) is 22.0. The second-order valence-corrected chi connectivity index (χ2v) is 13.3. The Balaban J connectivity index is 1.93. The van der Waals surface area contributed by atoms with E-state index in [1.54, 1.807) is 13.3 Å². The van der Waals surface area contributed by atoms with Crippen LogP contribution in [0.25, 0.3) is 21.8 Å². The average molecular weight is 513 g/mol. The molecule has 0 bridgehead atoms. The van der Waals surface area contributed by atoms with Gasteiger partial charge in [0.25, 0.3) is 0 Å². The molecule has 1 atom stereocenters. The largest absolute Gasteiger partial charge is 0.494 e. The normalized spacial score (nSPS) is 13.4. The number of methoxy groups -OCH3 is 1. The maximum Gasteiger partial charge on any atom is 0.191 e. The van der Waals surface area contributed by atoms with E-state index in [1.807, 2.05) is 48.5 Å². The molecule has 0 saturated heterocycles. The molecule has 190 valence electrons. The summed E-state index contributed by atoms with van der Waals surface area (Å²) in [6, 6.07) is 26.2. The fourth-order valence-corrected chi connectivity index (χ4v) is 7.93. The molecule has 0 aliphatic carbocycles. The second kappa shape index (κ2) is 10.0. The Morgan fingerprint density at radius 3 is 2.41 bits per heavy atom. The summed E-state index contributed by atoms with van der Waals surface area (Å²) in [6.07, 6.45) is 2.75. The molecule has 5 aromatic rings. The van der Waals surface area contributed by atoms with Crippen molar-refractivity contribution in [1.29, 1.82) is 0 Å². The molecule has 37 heavy (non-hydrogen) atoms. The van der Waals surface area contributed by atoms with Gasteiger partial charge >= 0.3 is 0 Å². The van der Waals surface area contributed by atoms with Gasteiger partial charge in [0.15, 0.2) is 13.0 Å². The maximum absolute atomic E-state index is 7.29. The Labute approximate surface area is 218 Å². The van der Waals surface area contributed by atoms with Crippen LogP contribution in [0.5, 0.6) is 11.5 Å². The number of aryl methyl sites for hydroxylation is 1. The van der Waals surface area contributed by atoms with Crippen LogP contribution in [0.2, 0.25) is 0 Å². The summed E-state index contributed by atoms with van der Waals surface area (Å²) in [5.41, 5.74) is 3.54. The lowest BCUT2D eigenvalue weighted by Gasteiger charge is -2.37. The van der Waals surface area contributed by atoms with Crippen molar-refractivity contribution in [2.24, 2.45) is 4.74 Å². The van der Waals surface area contributed by atoms with E-state index < -0.39 is 7.28 Å². The van der Waals surface area contributed by atoms with Crippen LogP contribution in [0.3, 0.4) is 0 Å². The summed E-state index contributed by atoms with van der Waals surface area (Å²) in [5, 5.41) is 6.72. The number of benzene rings is 3. The van der Waals surface area contributed by atoms with Crippen molar-refractivity contribution >= 4 is 40.2 Å². The van der Waals surface area contributed by atoms with Gasteiger partial charge in [-0.2, -0.15) is 5.10 Å². The monoisotopic (exact) mass is 512 g/mol. The van der Waals surface area contributed by atoms with Crippen molar-refractivity contribution in [3.63, 3.8) is 0 Å². The minimum Gasteiger partial charge on any atom is -0.494 e. The molecule has 0 saturated carbocycles. The standard InChI is InChI=1S/C30H33N4O2P/c1-6-21-34-29(23-15-7-8-16-24(23)32-34)37(30(2,3)4,33-25-17-9-10-18-26(25)35-5)36-27-19-11-13-22-14-12-20-31-28(22)27/h7-20H,6,21H2,1-5H3. The zero-order valence-corrected chi connectivity index (χ0v) is 22.9. The highest BCUT2D eigenvalue weighted by atomic mass is 31.2. The highest BCUT2D eigenvalue weighted by Crippen LogP contribution is 2.63. The lowest BCUT2D eigenvalue weighted by Crippen LogP contribution is -2.32. The van der Waals surface area contributed by atoms with Crippen molar-refractivity contribution < 1.29 is 9.26 Å². The summed E-state index contributed by atoms with van der Waals surface area (Å²) < 4.78 is 20.7. The number of aromatic nitrogens is 3. The van der Waals surface area contributed by atoms with Crippen molar-refractivity contribution in [1.82, 2.24) is 14.8 Å². The summed E-state index contributed by atoms with van der Waals surface area (Å²) in [7, 11) is -1.20. The van der Waals surface area contributed by atoms with E-state index in [4.69, 9.17) is 24.1 Å². The first-order chi connectivity index (χ1) is 17.9. The van der Waals surface area contributed by atoms with Gasteiger partial charge in [-0.3, -0.25) is 9.67 Å².